The average Bonchev–Trinajstić information content (AvgIpc) is 2.54. The van der Waals surface area contributed by atoms with Gasteiger partial charge in [0.1, 0.15) is 0 Å². The van der Waals surface area contributed by atoms with Crippen LogP contribution in [0.3, 0.4) is 0 Å². The predicted molar refractivity (Wildman–Crippen MR) is 73.2 cm³/mol. The van der Waals surface area contributed by atoms with Gasteiger partial charge in [0.2, 0.25) is 11.8 Å². The topological polar surface area (TPSA) is 63.4 Å². The third kappa shape index (κ3) is 2.84. The van der Waals surface area contributed by atoms with Gasteiger partial charge in [-0.1, -0.05) is 38.1 Å². The Balaban J connectivity index is 2.09. The lowest BCUT2D eigenvalue weighted by Crippen LogP contribution is -2.32. The Morgan fingerprint density at radius 3 is 2.21 bits per heavy atom. The van der Waals surface area contributed by atoms with E-state index in [1.807, 2.05) is 38.1 Å². The first-order valence-electron chi connectivity index (χ1n) is 6.57. The standard InChI is InChI=1S/C15H20N2O2/c1-15(2)9-13(18)17(14(15)19)10-12-5-3-11(4-6-12)7-8-16/h3-6H,7-10,16H2,1-2H3. The van der Waals surface area contributed by atoms with E-state index in [-0.39, 0.29) is 11.8 Å². The summed E-state index contributed by atoms with van der Waals surface area (Å²) in [6, 6.07) is 7.91. The average molecular weight is 260 g/mol. The Bertz CT molecular complexity index is 491. The van der Waals surface area contributed by atoms with E-state index in [4.69, 9.17) is 5.73 Å². The molecular formula is C15H20N2O2. The van der Waals surface area contributed by atoms with E-state index < -0.39 is 5.41 Å². The molecule has 1 aliphatic heterocycles. The molecule has 0 saturated carbocycles. The molecule has 102 valence electrons. The number of nitrogens with two attached hydrogens (primary N) is 1. The molecule has 1 heterocycles. The van der Waals surface area contributed by atoms with Gasteiger partial charge in [-0.3, -0.25) is 14.5 Å². The number of likely N-dealkylation sites (tertiary alicyclic amines) is 1. The monoisotopic (exact) mass is 260 g/mol. The molecule has 2 rings (SSSR count). The van der Waals surface area contributed by atoms with Gasteiger partial charge in [-0.2, -0.15) is 0 Å². The summed E-state index contributed by atoms with van der Waals surface area (Å²) in [5.41, 5.74) is 7.08. The second-order valence-corrected chi connectivity index (χ2v) is 5.70. The van der Waals surface area contributed by atoms with Crippen molar-refractivity contribution in [3.05, 3.63) is 35.4 Å². The van der Waals surface area contributed by atoms with Crippen LogP contribution in [-0.4, -0.2) is 23.3 Å². The van der Waals surface area contributed by atoms with Gasteiger partial charge in [-0.25, -0.2) is 0 Å². The van der Waals surface area contributed by atoms with Crippen LogP contribution in [0.25, 0.3) is 0 Å². The lowest BCUT2D eigenvalue weighted by Gasteiger charge is -2.17. The highest BCUT2D eigenvalue weighted by Crippen LogP contribution is 2.32. The van der Waals surface area contributed by atoms with Crippen molar-refractivity contribution >= 4 is 11.8 Å². The zero-order chi connectivity index (χ0) is 14.0. The second kappa shape index (κ2) is 5.13. The summed E-state index contributed by atoms with van der Waals surface area (Å²) in [6.45, 7) is 4.62. The summed E-state index contributed by atoms with van der Waals surface area (Å²) < 4.78 is 0. The lowest BCUT2D eigenvalue weighted by molar-refractivity contribution is -0.141. The van der Waals surface area contributed by atoms with Gasteiger partial charge in [0, 0.05) is 6.42 Å². The molecule has 1 saturated heterocycles. The van der Waals surface area contributed by atoms with Crippen molar-refractivity contribution in [2.24, 2.45) is 11.1 Å². The first-order valence-corrected chi connectivity index (χ1v) is 6.57. The highest BCUT2D eigenvalue weighted by Gasteiger charge is 2.44. The largest absolute Gasteiger partial charge is 0.330 e. The van der Waals surface area contributed by atoms with Gasteiger partial charge in [0.25, 0.3) is 0 Å². The first kappa shape index (κ1) is 13.7. The van der Waals surface area contributed by atoms with Crippen LogP contribution in [0.4, 0.5) is 0 Å². The fourth-order valence-electron chi connectivity index (χ4n) is 2.35. The maximum Gasteiger partial charge on any atom is 0.235 e. The molecule has 0 bridgehead atoms. The Kier molecular flexibility index (Phi) is 3.71. The van der Waals surface area contributed by atoms with Gasteiger partial charge < -0.3 is 5.73 Å². The third-order valence-corrected chi connectivity index (χ3v) is 3.52. The number of carbonyl (C=O) groups is 2. The highest BCUT2D eigenvalue weighted by atomic mass is 16.2. The van der Waals surface area contributed by atoms with Crippen molar-refractivity contribution in [3.63, 3.8) is 0 Å². The predicted octanol–water partition coefficient (Wildman–Crippen LogP) is 1.47. The zero-order valence-electron chi connectivity index (χ0n) is 11.5. The summed E-state index contributed by atoms with van der Waals surface area (Å²) in [5.74, 6) is -0.162. The molecule has 4 heteroatoms. The molecule has 1 aromatic carbocycles. The fraction of sp³-hybridized carbons (Fsp3) is 0.467. The fourth-order valence-corrected chi connectivity index (χ4v) is 2.35. The van der Waals surface area contributed by atoms with Crippen LogP contribution in [0.15, 0.2) is 24.3 Å². The number of imide groups is 1. The molecular weight excluding hydrogens is 240 g/mol. The number of benzene rings is 1. The van der Waals surface area contributed by atoms with E-state index in [2.05, 4.69) is 0 Å². The number of nitrogens with zero attached hydrogens (tertiary/aromatic N) is 1. The van der Waals surface area contributed by atoms with Gasteiger partial charge in [0.15, 0.2) is 0 Å². The smallest absolute Gasteiger partial charge is 0.235 e. The maximum absolute atomic E-state index is 12.1. The minimum absolute atomic E-state index is 0.0801. The van der Waals surface area contributed by atoms with Crippen molar-refractivity contribution in [3.8, 4) is 0 Å². The summed E-state index contributed by atoms with van der Waals surface area (Å²) in [7, 11) is 0. The van der Waals surface area contributed by atoms with E-state index >= 15 is 0 Å². The van der Waals surface area contributed by atoms with Crippen molar-refractivity contribution < 1.29 is 9.59 Å². The number of carbonyl (C=O) groups excluding carboxylic acids is 2. The Hall–Kier alpha value is -1.68. The Morgan fingerprint density at radius 2 is 1.74 bits per heavy atom. The molecule has 1 aliphatic rings. The number of rotatable bonds is 4. The maximum atomic E-state index is 12.1. The minimum atomic E-state index is -0.559. The van der Waals surface area contributed by atoms with Crippen molar-refractivity contribution in [2.45, 2.75) is 33.2 Å². The molecule has 0 spiro atoms. The Morgan fingerprint density at radius 1 is 1.16 bits per heavy atom. The SMILES string of the molecule is CC1(C)CC(=O)N(Cc2ccc(CCN)cc2)C1=O. The molecule has 1 aromatic rings. The van der Waals surface area contributed by atoms with E-state index in [0.29, 0.717) is 19.5 Å². The molecule has 2 amide bonds. The Labute approximate surface area is 113 Å². The van der Waals surface area contributed by atoms with E-state index in [1.54, 1.807) is 0 Å². The number of amides is 2. The van der Waals surface area contributed by atoms with Gasteiger partial charge in [-0.15, -0.1) is 0 Å². The molecule has 4 nitrogen and oxygen atoms in total. The quantitative estimate of drug-likeness (QED) is 0.834. The van der Waals surface area contributed by atoms with Crippen LogP contribution in [0.5, 0.6) is 0 Å². The molecule has 0 aliphatic carbocycles. The lowest BCUT2D eigenvalue weighted by atomic mass is 9.92. The third-order valence-electron chi connectivity index (χ3n) is 3.52. The first-order chi connectivity index (χ1) is 8.94. The molecule has 0 aromatic heterocycles. The normalized spacial score (nSPS) is 18.2. The molecule has 2 N–H and O–H groups in total. The summed E-state index contributed by atoms with van der Waals surface area (Å²) >= 11 is 0. The van der Waals surface area contributed by atoms with Crippen molar-refractivity contribution in [2.75, 3.05) is 6.54 Å². The van der Waals surface area contributed by atoms with Crippen molar-refractivity contribution in [1.82, 2.24) is 4.90 Å². The summed E-state index contributed by atoms with van der Waals surface area (Å²) in [6.07, 6.45) is 1.14. The van der Waals surface area contributed by atoms with Crippen LogP contribution in [0, 0.1) is 5.41 Å². The van der Waals surface area contributed by atoms with Gasteiger partial charge >= 0.3 is 0 Å². The van der Waals surface area contributed by atoms with E-state index in [1.165, 1.54) is 10.5 Å². The molecule has 0 unspecified atom stereocenters. The van der Waals surface area contributed by atoms with E-state index in [9.17, 15) is 9.59 Å². The van der Waals surface area contributed by atoms with Gasteiger partial charge in [-0.05, 0) is 24.1 Å². The second-order valence-electron chi connectivity index (χ2n) is 5.70. The van der Waals surface area contributed by atoms with Crippen LogP contribution in [0.2, 0.25) is 0 Å². The number of hydrogen-bond acceptors (Lipinski definition) is 3. The number of hydrogen-bond donors (Lipinski definition) is 1. The summed E-state index contributed by atoms with van der Waals surface area (Å²) in [4.78, 5) is 25.3. The van der Waals surface area contributed by atoms with Crippen molar-refractivity contribution in [1.29, 1.82) is 0 Å². The molecule has 0 atom stereocenters. The minimum Gasteiger partial charge on any atom is -0.330 e. The zero-order valence-corrected chi connectivity index (χ0v) is 11.5. The molecule has 19 heavy (non-hydrogen) atoms. The van der Waals surface area contributed by atoms with Gasteiger partial charge in [0.05, 0.1) is 12.0 Å². The van der Waals surface area contributed by atoms with Crippen LogP contribution in [0.1, 0.15) is 31.4 Å². The molecule has 1 fully saturated rings. The van der Waals surface area contributed by atoms with Crippen LogP contribution in [-0.2, 0) is 22.6 Å². The summed E-state index contributed by atoms with van der Waals surface area (Å²) in [5, 5.41) is 0. The van der Waals surface area contributed by atoms with E-state index in [0.717, 1.165) is 12.0 Å². The molecule has 0 radical (unpaired) electrons. The highest BCUT2D eigenvalue weighted by molar-refractivity contribution is 6.05. The van der Waals surface area contributed by atoms with Crippen LogP contribution < -0.4 is 5.73 Å². The van der Waals surface area contributed by atoms with Crippen LogP contribution >= 0.6 is 0 Å².